The van der Waals surface area contributed by atoms with Crippen molar-refractivity contribution in [2.45, 2.75) is 26.7 Å². The van der Waals surface area contributed by atoms with E-state index < -0.39 is 7.12 Å². The number of benzene rings is 1. The van der Waals surface area contributed by atoms with Crippen LogP contribution >= 0.6 is 0 Å². The van der Waals surface area contributed by atoms with E-state index in [1.807, 2.05) is 19.1 Å². The molecule has 3 nitrogen and oxygen atoms in total. The lowest BCUT2D eigenvalue weighted by atomic mass is 9.75. The zero-order valence-corrected chi connectivity index (χ0v) is 8.66. The molecule has 1 aromatic rings. The summed E-state index contributed by atoms with van der Waals surface area (Å²) in [5, 5.41) is 9.46. The third-order valence-electron chi connectivity index (χ3n) is 2.39. The molecule has 0 aliphatic carbocycles. The Bertz CT molecular complexity index is 304. The molecule has 0 unspecified atom stereocenters. The Morgan fingerprint density at radius 2 is 2.07 bits per heavy atom. The van der Waals surface area contributed by atoms with Crippen molar-refractivity contribution < 1.29 is 9.78 Å². The van der Waals surface area contributed by atoms with E-state index in [-0.39, 0.29) is 0 Å². The molecule has 0 spiro atoms. The van der Waals surface area contributed by atoms with Gasteiger partial charge < -0.3 is 9.78 Å². The minimum absolute atomic E-state index is 0.757. The van der Waals surface area contributed by atoms with E-state index in [9.17, 15) is 5.02 Å². The minimum atomic E-state index is -1.02. The summed E-state index contributed by atoms with van der Waals surface area (Å²) in [4.78, 5) is 0. The molecule has 0 aliphatic rings. The van der Waals surface area contributed by atoms with Crippen LogP contribution in [0.5, 0.6) is 0 Å². The molecule has 0 aliphatic heterocycles. The van der Waals surface area contributed by atoms with Crippen LogP contribution in [0, 0.1) is 0 Å². The first-order valence-electron chi connectivity index (χ1n) is 4.88. The van der Waals surface area contributed by atoms with E-state index >= 15 is 0 Å². The van der Waals surface area contributed by atoms with Gasteiger partial charge in [-0.05, 0) is 29.4 Å². The molecule has 0 fully saturated rings. The largest absolute Gasteiger partial charge is 0.508 e. The van der Waals surface area contributed by atoms with Gasteiger partial charge in [-0.15, -0.1) is 0 Å². The Hall–Kier alpha value is -0.835. The summed E-state index contributed by atoms with van der Waals surface area (Å²) in [7, 11) is -1.02. The van der Waals surface area contributed by atoms with Gasteiger partial charge in [0.15, 0.2) is 0 Å². The first-order chi connectivity index (χ1) is 6.72. The topological polar surface area (TPSA) is 55.5 Å². The maximum absolute atomic E-state index is 9.46. The summed E-state index contributed by atoms with van der Waals surface area (Å²) < 4.78 is 4.41. The SMILES string of the molecule is CCc1ccc(B(O)ON)c(CC)c1. The van der Waals surface area contributed by atoms with Crippen molar-refractivity contribution in [1.82, 2.24) is 0 Å². The summed E-state index contributed by atoms with van der Waals surface area (Å²) in [6.07, 6.45) is 1.86. The molecule has 1 aromatic carbocycles. The fourth-order valence-corrected chi connectivity index (χ4v) is 1.50. The standard InChI is InChI=1S/C10H16BNO2/c1-3-8-5-6-10(11(13)14-12)9(4-2)7-8/h5-7,13H,3-4,12H2,1-2H3. The maximum Gasteiger partial charge on any atom is 0.508 e. The molecule has 14 heavy (non-hydrogen) atoms. The molecule has 0 atom stereocenters. The smallest absolute Gasteiger partial charge is 0.422 e. The van der Waals surface area contributed by atoms with Crippen LogP contribution in [-0.4, -0.2) is 12.1 Å². The van der Waals surface area contributed by atoms with Gasteiger partial charge in [0.2, 0.25) is 0 Å². The van der Waals surface area contributed by atoms with Crippen LogP contribution in [-0.2, 0) is 17.6 Å². The van der Waals surface area contributed by atoms with Crippen LogP contribution in [0.4, 0.5) is 0 Å². The van der Waals surface area contributed by atoms with E-state index in [2.05, 4.69) is 17.7 Å². The second-order valence-electron chi connectivity index (χ2n) is 3.23. The summed E-state index contributed by atoms with van der Waals surface area (Å²) in [5.74, 6) is 4.95. The lowest BCUT2D eigenvalue weighted by molar-refractivity contribution is 0.281. The minimum Gasteiger partial charge on any atom is -0.422 e. The second-order valence-corrected chi connectivity index (χ2v) is 3.23. The van der Waals surface area contributed by atoms with Gasteiger partial charge in [-0.3, -0.25) is 0 Å². The van der Waals surface area contributed by atoms with Gasteiger partial charge in [-0.1, -0.05) is 32.0 Å². The van der Waals surface area contributed by atoms with Crippen molar-refractivity contribution in [2.24, 2.45) is 5.90 Å². The van der Waals surface area contributed by atoms with E-state index in [0.29, 0.717) is 0 Å². The number of rotatable bonds is 4. The number of aryl methyl sites for hydroxylation is 2. The van der Waals surface area contributed by atoms with Gasteiger partial charge >= 0.3 is 7.12 Å². The van der Waals surface area contributed by atoms with Gasteiger partial charge in [0.1, 0.15) is 0 Å². The van der Waals surface area contributed by atoms with E-state index in [1.165, 1.54) is 5.56 Å². The number of hydrogen-bond acceptors (Lipinski definition) is 3. The highest BCUT2D eigenvalue weighted by molar-refractivity contribution is 6.60. The molecule has 0 amide bonds. The van der Waals surface area contributed by atoms with Crippen molar-refractivity contribution >= 4 is 12.6 Å². The van der Waals surface area contributed by atoms with E-state index in [4.69, 9.17) is 5.90 Å². The molecule has 0 aromatic heterocycles. The van der Waals surface area contributed by atoms with Gasteiger partial charge in [-0.2, -0.15) is 0 Å². The molecular formula is C10H16BNO2. The van der Waals surface area contributed by atoms with Crippen LogP contribution in [0.1, 0.15) is 25.0 Å². The van der Waals surface area contributed by atoms with Crippen LogP contribution in [0.15, 0.2) is 18.2 Å². The summed E-state index contributed by atoms with van der Waals surface area (Å²) >= 11 is 0. The molecule has 3 N–H and O–H groups in total. The predicted molar refractivity (Wildman–Crippen MR) is 58.1 cm³/mol. The van der Waals surface area contributed by atoms with Crippen molar-refractivity contribution in [1.29, 1.82) is 0 Å². The third kappa shape index (κ3) is 2.35. The summed E-state index contributed by atoms with van der Waals surface area (Å²) in [6.45, 7) is 4.14. The van der Waals surface area contributed by atoms with Crippen LogP contribution in [0.3, 0.4) is 0 Å². The number of nitrogens with two attached hydrogens (primary N) is 1. The van der Waals surface area contributed by atoms with E-state index in [0.717, 1.165) is 23.9 Å². The Morgan fingerprint density at radius 1 is 1.36 bits per heavy atom. The lowest BCUT2D eigenvalue weighted by Crippen LogP contribution is -2.38. The van der Waals surface area contributed by atoms with E-state index in [1.54, 1.807) is 0 Å². The molecule has 4 heteroatoms. The van der Waals surface area contributed by atoms with Crippen molar-refractivity contribution in [2.75, 3.05) is 0 Å². The van der Waals surface area contributed by atoms with Gasteiger partial charge in [0.05, 0.1) is 0 Å². The highest BCUT2D eigenvalue weighted by atomic mass is 16.6. The quantitative estimate of drug-likeness (QED) is 0.537. The zero-order chi connectivity index (χ0) is 10.6. The summed E-state index contributed by atoms with van der Waals surface area (Å²) in [6, 6.07) is 5.93. The first-order valence-corrected chi connectivity index (χ1v) is 4.88. The van der Waals surface area contributed by atoms with Crippen molar-refractivity contribution in [3.63, 3.8) is 0 Å². The predicted octanol–water partition coefficient (Wildman–Crippen LogP) is 0.389. The lowest BCUT2D eigenvalue weighted by Gasteiger charge is -2.10. The van der Waals surface area contributed by atoms with Crippen LogP contribution < -0.4 is 11.4 Å². The average molecular weight is 193 g/mol. The molecule has 1 rings (SSSR count). The van der Waals surface area contributed by atoms with Gasteiger partial charge in [0, 0.05) is 0 Å². The maximum atomic E-state index is 9.46. The first kappa shape index (κ1) is 11.2. The molecule has 0 radical (unpaired) electrons. The molecular weight excluding hydrogens is 177 g/mol. The Kier molecular flexibility index (Phi) is 4.13. The van der Waals surface area contributed by atoms with Gasteiger partial charge in [-0.25, -0.2) is 5.90 Å². The van der Waals surface area contributed by atoms with Crippen LogP contribution in [0.25, 0.3) is 0 Å². The fourth-order valence-electron chi connectivity index (χ4n) is 1.50. The van der Waals surface area contributed by atoms with Gasteiger partial charge in [0.25, 0.3) is 0 Å². The highest BCUT2D eigenvalue weighted by Gasteiger charge is 2.18. The average Bonchev–Trinajstić information content (AvgIpc) is 2.27. The molecule has 0 saturated heterocycles. The van der Waals surface area contributed by atoms with Crippen molar-refractivity contribution in [3.8, 4) is 0 Å². The fraction of sp³-hybridized carbons (Fsp3) is 0.400. The Balaban J connectivity index is 3.04. The molecule has 0 heterocycles. The molecule has 0 saturated carbocycles. The van der Waals surface area contributed by atoms with Crippen LogP contribution in [0.2, 0.25) is 0 Å². The van der Waals surface area contributed by atoms with Crippen molar-refractivity contribution in [3.05, 3.63) is 29.3 Å². The zero-order valence-electron chi connectivity index (χ0n) is 8.66. The normalized spacial score (nSPS) is 10.3. The highest BCUT2D eigenvalue weighted by Crippen LogP contribution is 2.05. The second kappa shape index (κ2) is 5.15. The molecule has 0 bridgehead atoms. The third-order valence-corrected chi connectivity index (χ3v) is 2.39. The molecule has 76 valence electrons. The Morgan fingerprint density at radius 3 is 2.57 bits per heavy atom. The summed E-state index contributed by atoms with van der Waals surface area (Å²) in [5.41, 5.74) is 3.10. The Labute approximate surface area is 85.0 Å². The number of hydrogen-bond donors (Lipinski definition) is 2. The monoisotopic (exact) mass is 193 g/mol.